The fourth-order valence-corrected chi connectivity index (χ4v) is 2.46. The molecular weight excluding hydrogens is 318 g/mol. The second-order valence-corrected chi connectivity index (χ2v) is 5.38. The summed E-state index contributed by atoms with van der Waals surface area (Å²) in [7, 11) is 0. The van der Waals surface area contributed by atoms with Gasteiger partial charge in [0, 0.05) is 0 Å². The molecule has 1 heterocycles. The SMILES string of the molecule is CC(NC(=O)Cn1c(=O)oc2ccccc21)c1ccc(F)c(F)c1. The first-order valence-corrected chi connectivity index (χ1v) is 7.28. The minimum Gasteiger partial charge on any atom is -0.408 e. The third-order valence-electron chi connectivity index (χ3n) is 3.70. The number of carbonyl (C=O) groups excluding carboxylic acids is 1. The zero-order valence-corrected chi connectivity index (χ0v) is 12.8. The van der Waals surface area contributed by atoms with E-state index in [2.05, 4.69) is 5.32 Å². The van der Waals surface area contributed by atoms with Crippen LogP contribution in [-0.4, -0.2) is 10.5 Å². The van der Waals surface area contributed by atoms with E-state index in [1.54, 1.807) is 31.2 Å². The van der Waals surface area contributed by atoms with Crippen LogP contribution in [-0.2, 0) is 11.3 Å². The number of amides is 1. The Morgan fingerprint density at radius 2 is 1.96 bits per heavy atom. The van der Waals surface area contributed by atoms with Crippen LogP contribution in [0, 0.1) is 11.6 Å². The van der Waals surface area contributed by atoms with Crippen molar-refractivity contribution in [1.82, 2.24) is 9.88 Å². The Morgan fingerprint density at radius 1 is 1.21 bits per heavy atom. The third-order valence-corrected chi connectivity index (χ3v) is 3.70. The van der Waals surface area contributed by atoms with Gasteiger partial charge >= 0.3 is 5.76 Å². The van der Waals surface area contributed by atoms with Gasteiger partial charge in [0.1, 0.15) is 6.54 Å². The predicted octanol–water partition coefficient (Wildman–Crippen LogP) is 2.75. The van der Waals surface area contributed by atoms with E-state index in [0.717, 1.165) is 12.1 Å². The Bertz CT molecular complexity index is 962. The number of nitrogens with one attached hydrogen (secondary N) is 1. The molecule has 0 saturated carbocycles. The smallest absolute Gasteiger partial charge is 0.408 e. The largest absolute Gasteiger partial charge is 0.420 e. The number of halogens is 2. The summed E-state index contributed by atoms with van der Waals surface area (Å²) in [5.41, 5.74) is 1.33. The maximum absolute atomic E-state index is 13.3. The minimum absolute atomic E-state index is 0.232. The normalized spacial score (nSPS) is 12.3. The van der Waals surface area contributed by atoms with Crippen molar-refractivity contribution in [3.05, 3.63) is 70.2 Å². The van der Waals surface area contributed by atoms with Gasteiger partial charge in [0.2, 0.25) is 5.91 Å². The lowest BCUT2D eigenvalue weighted by Gasteiger charge is -2.14. The summed E-state index contributed by atoms with van der Waals surface area (Å²) >= 11 is 0. The summed E-state index contributed by atoms with van der Waals surface area (Å²) in [5, 5.41) is 2.64. The molecule has 124 valence electrons. The number of para-hydroxylation sites is 2. The van der Waals surface area contributed by atoms with Gasteiger partial charge in [-0.25, -0.2) is 13.6 Å². The maximum Gasteiger partial charge on any atom is 0.420 e. The van der Waals surface area contributed by atoms with Crippen LogP contribution in [0.2, 0.25) is 0 Å². The number of hydrogen-bond acceptors (Lipinski definition) is 3. The molecule has 3 rings (SSSR count). The monoisotopic (exact) mass is 332 g/mol. The third kappa shape index (κ3) is 3.05. The highest BCUT2D eigenvalue weighted by Crippen LogP contribution is 2.16. The van der Waals surface area contributed by atoms with Crippen LogP contribution in [0.4, 0.5) is 8.78 Å². The van der Waals surface area contributed by atoms with Crippen LogP contribution in [0.1, 0.15) is 18.5 Å². The topological polar surface area (TPSA) is 64.2 Å². The summed E-state index contributed by atoms with van der Waals surface area (Å²) in [6.07, 6.45) is 0. The molecule has 0 aliphatic carbocycles. The summed E-state index contributed by atoms with van der Waals surface area (Å²) < 4.78 is 32.5. The number of rotatable bonds is 4. The van der Waals surface area contributed by atoms with E-state index in [4.69, 9.17) is 4.42 Å². The molecule has 2 aromatic carbocycles. The van der Waals surface area contributed by atoms with E-state index in [9.17, 15) is 18.4 Å². The molecule has 0 aliphatic heterocycles. The van der Waals surface area contributed by atoms with Crippen molar-refractivity contribution < 1.29 is 18.0 Å². The van der Waals surface area contributed by atoms with Gasteiger partial charge in [0.05, 0.1) is 11.6 Å². The van der Waals surface area contributed by atoms with E-state index >= 15 is 0 Å². The van der Waals surface area contributed by atoms with Gasteiger partial charge in [-0.3, -0.25) is 9.36 Å². The first-order chi connectivity index (χ1) is 11.5. The lowest BCUT2D eigenvalue weighted by Crippen LogP contribution is -2.32. The van der Waals surface area contributed by atoms with Crippen LogP contribution in [0.3, 0.4) is 0 Å². The first-order valence-electron chi connectivity index (χ1n) is 7.28. The summed E-state index contributed by atoms with van der Waals surface area (Å²) in [6, 6.07) is 9.64. The molecule has 0 aliphatic rings. The average Bonchev–Trinajstić information content (AvgIpc) is 2.86. The lowest BCUT2D eigenvalue weighted by atomic mass is 10.1. The van der Waals surface area contributed by atoms with Gasteiger partial charge in [-0.15, -0.1) is 0 Å². The molecule has 0 bridgehead atoms. The summed E-state index contributed by atoms with van der Waals surface area (Å²) in [5.74, 6) is -3.01. The summed E-state index contributed by atoms with van der Waals surface area (Å²) in [4.78, 5) is 24.0. The van der Waals surface area contributed by atoms with Crippen LogP contribution < -0.4 is 11.1 Å². The second kappa shape index (κ2) is 6.27. The number of hydrogen-bond donors (Lipinski definition) is 1. The second-order valence-electron chi connectivity index (χ2n) is 5.38. The lowest BCUT2D eigenvalue weighted by molar-refractivity contribution is -0.122. The number of oxazole rings is 1. The van der Waals surface area contributed by atoms with E-state index in [0.29, 0.717) is 16.7 Å². The number of carbonyl (C=O) groups is 1. The van der Waals surface area contributed by atoms with Crippen molar-refractivity contribution in [3.8, 4) is 0 Å². The zero-order chi connectivity index (χ0) is 17.3. The highest BCUT2D eigenvalue weighted by Gasteiger charge is 2.15. The van der Waals surface area contributed by atoms with Crippen molar-refractivity contribution in [2.24, 2.45) is 0 Å². The van der Waals surface area contributed by atoms with E-state index in [1.807, 2.05) is 0 Å². The fraction of sp³-hybridized carbons (Fsp3) is 0.176. The molecule has 1 aromatic heterocycles. The molecule has 7 heteroatoms. The van der Waals surface area contributed by atoms with E-state index < -0.39 is 29.3 Å². The van der Waals surface area contributed by atoms with Gasteiger partial charge in [-0.1, -0.05) is 18.2 Å². The van der Waals surface area contributed by atoms with Crippen molar-refractivity contribution in [2.45, 2.75) is 19.5 Å². The molecule has 3 aromatic rings. The van der Waals surface area contributed by atoms with Crippen molar-refractivity contribution in [1.29, 1.82) is 0 Å². The van der Waals surface area contributed by atoms with Gasteiger partial charge in [-0.2, -0.15) is 0 Å². The molecule has 0 saturated heterocycles. The molecule has 24 heavy (non-hydrogen) atoms. The molecule has 0 fully saturated rings. The molecule has 1 N–H and O–H groups in total. The van der Waals surface area contributed by atoms with Crippen molar-refractivity contribution >= 4 is 17.0 Å². The van der Waals surface area contributed by atoms with Crippen LogP contribution >= 0.6 is 0 Å². The van der Waals surface area contributed by atoms with Gasteiger partial charge in [0.25, 0.3) is 0 Å². The molecule has 1 unspecified atom stereocenters. The Labute approximate surface area is 135 Å². The van der Waals surface area contributed by atoms with Crippen LogP contribution in [0.15, 0.2) is 51.7 Å². The molecule has 0 radical (unpaired) electrons. The zero-order valence-electron chi connectivity index (χ0n) is 12.8. The Balaban J connectivity index is 1.76. The van der Waals surface area contributed by atoms with Gasteiger partial charge in [0.15, 0.2) is 17.2 Å². The highest BCUT2D eigenvalue weighted by atomic mass is 19.2. The molecule has 0 spiro atoms. The number of aromatic nitrogens is 1. The molecule has 1 atom stereocenters. The maximum atomic E-state index is 13.3. The Hall–Kier alpha value is -2.96. The van der Waals surface area contributed by atoms with E-state index in [-0.39, 0.29) is 6.54 Å². The molecule has 5 nitrogen and oxygen atoms in total. The van der Waals surface area contributed by atoms with Crippen LogP contribution in [0.5, 0.6) is 0 Å². The van der Waals surface area contributed by atoms with E-state index in [1.165, 1.54) is 10.6 Å². The molecule has 1 amide bonds. The Kier molecular flexibility index (Phi) is 4.16. The molecular formula is C17H14F2N2O3. The standard InChI is InChI=1S/C17H14F2N2O3/c1-10(11-6-7-12(18)13(19)8-11)20-16(22)9-21-14-4-2-3-5-15(14)24-17(21)23/h2-8,10H,9H2,1H3,(H,20,22). The summed E-state index contributed by atoms with van der Waals surface area (Å²) in [6.45, 7) is 1.41. The fourth-order valence-electron chi connectivity index (χ4n) is 2.46. The van der Waals surface area contributed by atoms with Crippen molar-refractivity contribution in [3.63, 3.8) is 0 Å². The van der Waals surface area contributed by atoms with Gasteiger partial charge < -0.3 is 9.73 Å². The predicted molar refractivity (Wildman–Crippen MR) is 83.4 cm³/mol. The van der Waals surface area contributed by atoms with Gasteiger partial charge in [-0.05, 0) is 36.8 Å². The Morgan fingerprint density at radius 3 is 2.71 bits per heavy atom. The average molecular weight is 332 g/mol. The number of fused-ring (bicyclic) bond motifs is 1. The first kappa shape index (κ1) is 15.9. The quantitative estimate of drug-likeness (QED) is 0.799. The highest BCUT2D eigenvalue weighted by molar-refractivity contribution is 5.79. The minimum atomic E-state index is -0.981. The van der Waals surface area contributed by atoms with Crippen LogP contribution in [0.25, 0.3) is 11.1 Å². The van der Waals surface area contributed by atoms with Crippen molar-refractivity contribution in [2.75, 3.05) is 0 Å². The number of benzene rings is 2. The number of nitrogens with zero attached hydrogens (tertiary/aromatic N) is 1.